The molecule has 17 heavy (non-hydrogen) atoms. The molecule has 0 spiro atoms. The van der Waals surface area contributed by atoms with E-state index in [2.05, 4.69) is 15.9 Å². The van der Waals surface area contributed by atoms with E-state index in [0.29, 0.717) is 0 Å². The molecule has 1 heterocycles. The number of halogens is 1. The second-order valence-electron chi connectivity index (χ2n) is 3.96. The maximum absolute atomic E-state index is 11.2. The molecule has 0 aliphatic carbocycles. The Morgan fingerprint density at radius 3 is 2.88 bits per heavy atom. The van der Waals surface area contributed by atoms with Crippen LogP contribution in [-0.4, -0.2) is 22.2 Å². The maximum atomic E-state index is 11.2. The van der Waals surface area contributed by atoms with Crippen LogP contribution in [0.2, 0.25) is 0 Å². The molecule has 3 N–H and O–H groups in total. The zero-order valence-corrected chi connectivity index (χ0v) is 10.9. The molecule has 0 amide bonds. The minimum Gasteiger partial charge on any atom is -0.481 e. The van der Waals surface area contributed by atoms with Crippen molar-refractivity contribution in [1.82, 2.24) is 4.57 Å². The summed E-state index contributed by atoms with van der Waals surface area (Å²) in [6, 6.07) is 5.63. The molecular formula is C12H13BrN2O2. The van der Waals surface area contributed by atoms with Crippen molar-refractivity contribution in [2.45, 2.75) is 5.92 Å². The van der Waals surface area contributed by atoms with Crippen LogP contribution in [0.1, 0.15) is 11.5 Å². The van der Waals surface area contributed by atoms with Crippen LogP contribution < -0.4 is 5.73 Å². The van der Waals surface area contributed by atoms with E-state index in [0.717, 1.165) is 20.9 Å². The third-order valence-electron chi connectivity index (χ3n) is 2.91. The van der Waals surface area contributed by atoms with Gasteiger partial charge in [-0.15, -0.1) is 0 Å². The lowest BCUT2D eigenvalue weighted by atomic mass is 9.96. The molecule has 1 aromatic heterocycles. The van der Waals surface area contributed by atoms with Gasteiger partial charge in [0, 0.05) is 35.2 Å². The fourth-order valence-electron chi connectivity index (χ4n) is 2.07. The van der Waals surface area contributed by atoms with Gasteiger partial charge in [-0.1, -0.05) is 12.1 Å². The highest BCUT2D eigenvalue weighted by molar-refractivity contribution is 9.10. The van der Waals surface area contributed by atoms with Crippen molar-refractivity contribution in [3.63, 3.8) is 0 Å². The first-order valence-corrected chi connectivity index (χ1v) is 6.02. The minimum atomic E-state index is -0.893. The van der Waals surface area contributed by atoms with Gasteiger partial charge in [0.1, 0.15) is 0 Å². The predicted molar refractivity (Wildman–Crippen MR) is 70.1 cm³/mol. The second-order valence-corrected chi connectivity index (χ2v) is 4.81. The number of hydrogen-bond donors (Lipinski definition) is 2. The van der Waals surface area contributed by atoms with Crippen LogP contribution in [-0.2, 0) is 11.8 Å². The fourth-order valence-corrected chi connectivity index (χ4v) is 2.81. The van der Waals surface area contributed by atoms with Gasteiger partial charge in [-0.05, 0) is 27.6 Å². The van der Waals surface area contributed by atoms with Crippen LogP contribution in [0.3, 0.4) is 0 Å². The van der Waals surface area contributed by atoms with E-state index in [1.54, 1.807) is 0 Å². The molecule has 0 aliphatic rings. The molecule has 2 aromatic rings. The Morgan fingerprint density at radius 2 is 2.29 bits per heavy atom. The molecule has 2 rings (SSSR count). The van der Waals surface area contributed by atoms with E-state index in [-0.39, 0.29) is 6.54 Å². The molecule has 0 fully saturated rings. The van der Waals surface area contributed by atoms with Gasteiger partial charge >= 0.3 is 5.97 Å². The van der Waals surface area contributed by atoms with Crippen molar-refractivity contribution in [1.29, 1.82) is 0 Å². The molecule has 0 saturated heterocycles. The summed E-state index contributed by atoms with van der Waals surface area (Å²) in [6.07, 6.45) is 1.92. The Labute approximate surface area is 107 Å². The van der Waals surface area contributed by atoms with Gasteiger partial charge in [-0.25, -0.2) is 0 Å². The minimum absolute atomic E-state index is 0.0930. The van der Waals surface area contributed by atoms with Crippen LogP contribution in [0, 0.1) is 0 Å². The Kier molecular flexibility index (Phi) is 3.22. The molecule has 0 saturated carbocycles. The van der Waals surface area contributed by atoms with Crippen molar-refractivity contribution >= 4 is 32.8 Å². The number of rotatable bonds is 3. The summed E-state index contributed by atoms with van der Waals surface area (Å²) in [4.78, 5) is 11.2. The highest BCUT2D eigenvalue weighted by Gasteiger charge is 2.22. The zero-order valence-electron chi connectivity index (χ0n) is 9.35. The second kappa shape index (κ2) is 4.50. The summed E-state index contributed by atoms with van der Waals surface area (Å²) >= 11 is 3.46. The van der Waals surface area contributed by atoms with E-state index in [1.807, 2.05) is 36.0 Å². The third-order valence-corrected chi connectivity index (χ3v) is 3.51. The van der Waals surface area contributed by atoms with Crippen molar-refractivity contribution in [2.24, 2.45) is 12.8 Å². The number of aromatic nitrogens is 1. The van der Waals surface area contributed by atoms with E-state index < -0.39 is 11.9 Å². The molecule has 1 unspecified atom stereocenters. The Balaban J connectivity index is 2.73. The first kappa shape index (κ1) is 12.1. The average Bonchev–Trinajstić information content (AvgIpc) is 2.56. The first-order valence-electron chi connectivity index (χ1n) is 5.22. The molecule has 0 radical (unpaired) electrons. The van der Waals surface area contributed by atoms with Crippen LogP contribution in [0.4, 0.5) is 0 Å². The highest BCUT2D eigenvalue weighted by atomic mass is 79.9. The largest absolute Gasteiger partial charge is 0.481 e. The highest BCUT2D eigenvalue weighted by Crippen LogP contribution is 2.32. The number of nitrogens with zero attached hydrogens (tertiary/aromatic N) is 1. The van der Waals surface area contributed by atoms with Gasteiger partial charge in [-0.3, -0.25) is 4.79 Å². The quantitative estimate of drug-likeness (QED) is 0.911. The van der Waals surface area contributed by atoms with Gasteiger partial charge in [0.25, 0.3) is 0 Å². The van der Waals surface area contributed by atoms with Crippen LogP contribution in [0.15, 0.2) is 28.9 Å². The summed E-state index contributed by atoms with van der Waals surface area (Å²) in [5.74, 6) is -1.56. The molecular weight excluding hydrogens is 284 g/mol. The monoisotopic (exact) mass is 296 g/mol. The van der Waals surface area contributed by atoms with Crippen LogP contribution >= 0.6 is 15.9 Å². The lowest BCUT2D eigenvalue weighted by molar-refractivity contribution is -0.138. The number of hydrogen-bond acceptors (Lipinski definition) is 2. The summed E-state index contributed by atoms with van der Waals surface area (Å²) in [6.45, 7) is 0.0930. The molecule has 4 nitrogen and oxygen atoms in total. The van der Waals surface area contributed by atoms with Crippen molar-refractivity contribution < 1.29 is 9.90 Å². The van der Waals surface area contributed by atoms with Gasteiger partial charge in [0.15, 0.2) is 0 Å². The van der Waals surface area contributed by atoms with Crippen LogP contribution in [0.25, 0.3) is 10.9 Å². The molecule has 1 atom stereocenters. The van der Waals surface area contributed by atoms with Gasteiger partial charge in [0.05, 0.1) is 5.92 Å². The third kappa shape index (κ3) is 1.96. The summed E-state index contributed by atoms with van der Waals surface area (Å²) in [7, 11) is 1.93. The van der Waals surface area contributed by atoms with Gasteiger partial charge < -0.3 is 15.4 Å². The lowest BCUT2D eigenvalue weighted by Crippen LogP contribution is -2.21. The molecule has 5 heteroatoms. The molecule has 1 aromatic carbocycles. The molecule has 0 bridgehead atoms. The normalized spacial score (nSPS) is 12.9. The SMILES string of the molecule is Cn1cc(Br)c2c(C(CN)C(=O)O)cccc21. The number of aryl methyl sites for hydroxylation is 1. The first-order chi connectivity index (χ1) is 8.06. The fraction of sp³-hybridized carbons (Fsp3) is 0.250. The summed E-state index contributed by atoms with van der Waals surface area (Å²) in [5.41, 5.74) is 7.30. The van der Waals surface area contributed by atoms with Crippen molar-refractivity contribution in [3.05, 3.63) is 34.4 Å². The molecule has 0 aliphatic heterocycles. The number of benzene rings is 1. The van der Waals surface area contributed by atoms with Gasteiger partial charge in [-0.2, -0.15) is 0 Å². The van der Waals surface area contributed by atoms with Gasteiger partial charge in [0.2, 0.25) is 0 Å². The average molecular weight is 297 g/mol. The number of carboxylic acids is 1. The maximum Gasteiger partial charge on any atom is 0.312 e. The van der Waals surface area contributed by atoms with E-state index in [4.69, 9.17) is 5.73 Å². The number of fused-ring (bicyclic) bond motifs is 1. The van der Waals surface area contributed by atoms with E-state index in [9.17, 15) is 9.90 Å². The lowest BCUT2D eigenvalue weighted by Gasteiger charge is -2.12. The predicted octanol–water partition coefficient (Wildman–Crippen LogP) is 2.07. The number of carbonyl (C=O) groups is 1. The smallest absolute Gasteiger partial charge is 0.312 e. The zero-order chi connectivity index (χ0) is 12.6. The van der Waals surface area contributed by atoms with E-state index in [1.165, 1.54) is 0 Å². The van der Waals surface area contributed by atoms with Crippen LogP contribution in [0.5, 0.6) is 0 Å². The van der Waals surface area contributed by atoms with E-state index >= 15 is 0 Å². The molecule has 90 valence electrons. The summed E-state index contributed by atoms with van der Waals surface area (Å²) < 4.78 is 2.85. The van der Waals surface area contributed by atoms with Crippen molar-refractivity contribution in [2.75, 3.05) is 6.54 Å². The topological polar surface area (TPSA) is 68.2 Å². The Bertz CT molecular complexity index is 577. The Hall–Kier alpha value is -1.33. The number of carboxylic acid groups (broad SMARTS) is 1. The number of aliphatic carboxylic acids is 1. The number of nitrogens with two attached hydrogens (primary N) is 1. The van der Waals surface area contributed by atoms with Crippen molar-refractivity contribution in [3.8, 4) is 0 Å². The Morgan fingerprint density at radius 1 is 1.59 bits per heavy atom. The standard InChI is InChI=1S/C12H13BrN2O2/c1-15-6-9(13)11-7(3-2-4-10(11)15)8(5-14)12(16)17/h2-4,6,8H,5,14H2,1H3,(H,16,17). The summed E-state index contributed by atoms with van der Waals surface area (Å²) in [5, 5.41) is 10.1.